The van der Waals surface area contributed by atoms with Crippen molar-refractivity contribution in [2.24, 2.45) is 0 Å². The van der Waals surface area contributed by atoms with Gasteiger partial charge in [-0.3, -0.25) is 20.4 Å². The maximum atomic E-state index is 13.1. The van der Waals surface area contributed by atoms with E-state index >= 15 is 0 Å². The van der Waals surface area contributed by atoms with Crippen molar-refractivity contribution in [1.29, 1.82) is 0 Å². The van der Waals surface area contributed by atoms with Crippen molar-refractivity contribution in [1.82, 2.24) is 15.2 Å². The number of benzene rings is 2. The Balaban J connectivity index is 1.65. The molecule has 1 saturated heterocycles. The molecule has 2 aromatic rings. The maximum Gasteiger partial charge on any atom is 0.279 e. The molecule has 8 nitrogen and oxygen atoms in total. The smallest absolute Gasteiger partial charge is 0.279 e. The molecule has 1 aliphatic heterocycles. The SMILES string of the molecule is CC(Oc1ccc(F)cc1)C(=O)NNC(=O)c1ccc(Cl)c(S(=O)(=O)N2CCCCCC2)c1. The molecule has 11 heteroatoms. The van der Waals surface area contributed by atoms with E-state index in [1.54, 1.807) is 0 Å². The lowest BCUT2D eigenvalue weighted by molar-refractivity contribution is -0.128. The minimum absolute atomic E-state index is 0.0141. The van der Waals surface area contributed by atoms with Crippen LogP contribution in [-0.4, -0.2) is 43.7 Å². The Bertz CT molecular complexity index is 1100. The summed E-state index contributed by atoms with van der Waals surface area (Å²) in [6, 6.07) is 9.03. The van der Waals surface area contributed by atoms with Crippen LogP contribution in [0.1, 0.15) is 43.0 Å². The number of nitrogens with one attached hydrogen (secondary N) is 2. The van der Waals surface area contributed by atoms with Gasteiger partial charge < -0.3 is 4.74 Å². The normalized spacial score (nSPS) is 15.8. The van der Waals surface area contributed by atoms with Gasteiger partial charge in [-0.1, -0.05) is 24.4 Å². The van der Waals surface area contributed by atoms with Gasteiger partial charge in [0.05, 0.1) is 5.02 Å². The Morgan fingerprint density at radius 1 is 1.03 bits per heavy atom. The fraction of sp³-hybridized carbons (Fsp3) is 0.364. The number of hydrogen-bond donors (Lipinski definition) is 2. The molecule has 178 valence electrons. The molecule has 0 aliphatic carbocycles. The molecule has 0 bridgehead atoms. The lowest BCUT2D eigenvalue weighted by Crippen LogP contribution is -2.47. The molecule has 0 saturated carbocycles. The first-order chi connectivity index (χ1) is 15.7. The average Bonchev–Trinajstić information content (AvgIpc) is 3.09. The number of sulfonamides is 1. The number of hydrogen-bond acceptors (Lipinski definition) is 5. The van der Waals surface area contributed by atoms with Crippen LogP contribution in [0.2, 0.25) is 5.02 Å². The number of nitrogens with zero attached hydrogens (tertiary/aromatic N) is 1. The molecular weight excluding hydrogens is 473 g/mol. The predicted octanol–water partition coefficient (Wildman–Crippen LogP) is 3.27. The van der Waals surface area contributed by atoms with E-state index < -0.39 is 33.8 Å². The summed E-state index contributed by atoms with van der Waals surface area (Å²) in [5.74, 6) is -1.53. The van der Waals surface area contributed by atoms with Crippen LogP contribution >= 0.6 is 11.6 Å². The molecule has 2 N–H and O–H groups in total. The number of ether oxygens (including phenoxy) is 1. The van der Waals surface area contributed by atoms with Crippen LogP contribution in [0.4, 0.5) is 4.39 Å². The molecule has 0 radical (unpaired) electrons. The van der Waals surface area contributed by atoms with Gasteiger partial charge >= 0.3 is 0 Å². The second-order valence-corrected chi connectivity index (χ2v) is 9.93. The largest absolute Gasteiger partial charge is 0.481 e. The first kappa shape index (κ1) is 24.9. The van der Waals surface area contributed by atoms with E-state index in [2.05, 4.69) is 10.9 Å². The Labute approximate surface area is 197 Å². The van der Waals surface area contributed by atoms with Crippen molar-refractivity contribution in [2.75, 3.05) is 13.1 Å². The Morgan fingerprint density at radius 2 is 1.67 bits per heavy atom. The molecule has 0 spiro atoms. The van der Waals surface area contributed by atoms with Crippen molar-refractivity contribution >= 4 is 33.4 Å². The zero-order valence-electron chi connectivity index (χ0n) is 18.0. The summed E-state index contributed by atoms with van der Waals surface area (Å²) in [5.41, 5.74) is 4.47. The van der Waals surface area contributed by atoms with E-state index in [0.29, 0.717) is 13.1 Å². The minimum atomic E-state index is -3.87. The summed E-state index contributed by atoms with van der Waals surface area (Å²) >= 11 is 6.15. The highest BCUT2D eigenvalue weighted by atomic mass is 35.5. The summed E-state index contributed by atoms with van der Waals surface area (Å²) < 4.78 is 45.9. The number of carbonyl (C=O) groups is 2. The van der Waals surface area contributed by atoms with Crippen molar-refractivity contribution in [2.45, 2.75) is 43.6 Å². The maximum absolute atomic E-state index is 13.1. The summed E-state index contributed by atoms with van der Waals surface area (Å²) in [6.07, 6.45) is 2.47. The monoisotopic (exact) mass is 497 g/mol. The number of halogens is 2. The van der Waals surface area contributed by atoms with Crippen LogP contribution in [0.5, 0.6) is 5.75 Å². The summed E-state index contributed by atoms with van der Waals surface area (Å²) in [6.45, 7) is 2.26. The van der Waals surface area contributed by atoms with Gasteiger partial charge in [0.25, 0.3) is 11.8 Å². The quantitative estimate of drug-likeness (QED) is 0.596. The zero-order chi connectivity index (χ0) is 24.0. The van der Waals surface area contributed by atoms with Gasteiger partial charge in [-0.05, 0) is 62.2 Å². The molecule has 0 aromatic heterocycles. The van der Waals surface area contributed by atoms with Gasteiger partial charge in [0.1, 0.15) is 16.5 Å². The van der Waals surface area contributed by atoms with Gasteiger partial charge in [0.15, 0.2) is 6.10 Å². The molecule has 1 heterocycles. The first-order valence-corrected chi connectivity index (χ1v) is 12.3. The molecule has 2 amide bonds. The second-order valence-electron chi connectivity index (χ2n) is 7.62. The third-order valence-corrected chi connectivity index (χ3v) is 7.55. The molecule has 1 fully saturated rings. The lowest BCUT2D eigenvalue weighted by atomic mass is 10.2. The van der Waals surface area contributed by atoms with E-state index in [0.717, 1.165) is 25.7 Å². The van der Waals surface area contributed by atoms with E-state index in [-0.39, 0.29) is 21.2 Å². The number of amides is 2. The van der Waals surface area contributed by atoms with Crippen LogP contribution in [0.25, 0.3) is 0 Å². The van der Waals surface area contributed by atoms with Gasteiger partial charge in [-0.2, -0.15) is 4.31 Å². The molecule has 3 rings (SSSR count). The van der Waals surface area contributed by atoms with Crippen LogP contribution in [0.3, 0.4) is 0 Å². The van der Waals surface area contributed by atoms with Crippen LogP contribution in [0.15, 0.2) is 47.4 Å². The zero-order valence-corrected chi connectivity index (χ0v) is 19.6. The number of carbonyl (C=O) groups excluding carboxylic acids is 2. The van der Waals surface area contributed by atoms with Crippen LogP contribution in [0, 0.1) is 5.82 Å². The minimum Gasteiger partial charge on any atom is -0.481 e. The van der Waals surface area contributed by atoms with Crippen molar-refractivity contribution in [3.63, 3.8) is 0 Å². The average molecular weight is 498 g/mol. The highest BCUT2D eigenvalue weighted by Gasteiger charge is 2.28. The standard InChI is InChI=1S/C22H25ClFN3O5S/c1-15(32-18-9-7-17(24)8-10-18)21(28)25-26-22(29)16-6-11-19(23)20(14-16)33(30,31)27-12-4-2-3-5-13-27/h6-11,14-15H,2-5,12-13H2,1H3,(H,25,28)(H,26,29). The summed E-state index contributed by atoms with van der Waals surface area (Å²) in [5, 5.41) is 0.0150. The van der Waals surface area contributed by atoms with Crippen LogP contribution < -0.4 is 15.6 Å². The summed E-state index contributed by atoms with van der Waals surface area (Å²) in [7, 11) is -3.87. The van der Waals surface area contributed by atoms with Crippen molar-refractivity contribution in [3.8, 4) is 5.75 Å². The molecule has 2 aromatic carbocycles. The number of hydrazine groups is 1. The molecule has 1 aliphatic rings. The van der Waals surface area contributed by atoms with Gasteiger partial charge in [0, 0.05) is 18.7 Å². The molecular formula is C22H25ClFN3O5S. The lowest BCUT2D eigenvalue weighted by Gasteiger charge is -2.21. The van der Waals surface area contributed by atoms with Crippen LogP contribution in [-0.2, 0) is 14.8 Å². The first-order valence-electron chi connectivity index (χ1n) is 10.5. The van der Waals surface area contributed by atoms with Gasteiger partial charge in [0.2, 0.25) is 10.0 Å². The number of rotatable bonds is 6. The van der Waals surface area contributed by atoms with Gasteiger partial charge in [-0.25, -0.2) is 12.8 Å². The fourth-order valence-electron chi connectivity index (χ4n) is 3.33. The van der Waals surface area contributed by atoms with Crippen molar-refractivity contribution in [3.05, 3.63) is 58.9 Å². The Hall–Kier alpha value is -2.69. The second kappa shape index (κ2) is 11.0. The fourth-order valence-corrected chi connectivity index (χ4v) is 5.34. The third kappa shape index (κ3) is 6.43. The topological polar surface area (TPSA) is 105 Å². The highest BCUT2D eigenvalue weighted by Crippen LogP contribution is 2.27. The summed E-state index contributed by atoms with van der Waals surface area (Å²) in [4.78, 5) is 24.6. The van der Waals surface area contributed by atoms with E-state index in [1.807, 2.05) is 0 Å². The highest BCUT2D eigenvalue weighted by molar-refractivity contribution is 7.89. The van der Waals surface area contributed by atoms with E-state index in [1.165, 1.54) is 53.7 Å². The Morgan fingerprint density at radius 3 is 2.30 bits per heavy atom. The third-order valence-electron chi connectivity index (χ3n) is 5.17. The Kier molecular flexibility index (Phi) is 8.28. The van der Waals surface area contributed by atoms with E-state index in [4.69, 9.17) is 16.3 Å². The molecule has 1 unspecified atom stereocenters. The van der Waals surface area contributed by atoms with E-state index in [9.17, 15) is 22.4 Å². The van der Waals surface area contributed by atoms with Crippen molar-refractivity contribution < 1.29 is 27.1 Å². The van der Waals surface area contributed by atoms with Gasteiger partial charge in [-0.15, -0.1) is 0 Å². The predicted molar refractivity (Wildman–Crippen MR) is 121 cm³/mol. The molecule has 1 atom stereocenters. The molecule has 33 heavy (non-hydrogen) atoms.